The Hall–Kier alpha value is -0.740. The molecule has 3 atom stereocenters. The van der Waals surface area contributed by atoms with Crippen molar-refractivity contribution in [2.75, 3.05) is 72.1 Å². The Balaban J connectivity index is 4.95. The molecule has 0 aliphatic heterocycles. The van der Waals surface area contributed by atoms with Gasteiger partial charge in [0.15, 0.2) is 0 Å². The minimum absolute atomic E-state index is 0.250. The molecule has 0 aromatic rings. The van der Waals surface area contributed by atoms with Crippen molar-refractivity contribution in [1.82, 2.24) is 20.4 Å². The van der Waals surface area contributed by atoms with Crippen molar-refractivity contribution in [1.29, 1.82) is 0 Å². The van der Waals surface area contributed by atoms with Gasteiger partial charge >= 0.3 is 0 Å². The van der Waals surface area contributed by atoms with Gasteiger partial charge in [-0.25, -0.2) is 0 Å². The molecule has 8 heteroatoms. The molecule has 8 nitrogen and oxygen atoms in total. The number of unbranched alkanes of at least 4 members (excludes halogenated alkanes) is 47. The van der Waals surface area contributed by atoms with Gasteiger partial charge < -0.3 is 40.5 Å². The maximum absolute atomic E-state index is 11.3. The lowest BCUT2D eigenvalue weighted by molar-refractivity contribution is 0.0994. The van der Waals surface area contributed by atoms with Gasteiger partial charge in [0.05, 0.1) is 30.7 Å². The summed E-state index contributed by atoms with van der Waals surface area (Å²) in [4.78, 5) is 5.08. The summed E-state index contributed by atoms with van der Waals surface area (Å²) >= 11 is 0. The van der Waals surface area contributed by atoms with E-state index in [1.54, 1.807) is 0 Å². The van der Waals surface area contributed by atoms with E-state index in [1.165, 1.54) is 308 Å². The molecule has 0 radical (unpaired) electrons. The van der Waals surface area contributed by atoms with Crippen molar-refractivity contribution in [2.24, 2.45) is 0 Å². The van der Waals surface area contributed by atoms with Gasteiger partial charge in [-0.1, -0.05) is 336 Å². The molecule has 498 valence electrons. The molecule has 3 unspecified atom stereocenters. The van der Waals surface area contributed by atoms with E-state index in [9.17, 15) is 15.3 Å². The summed E-state index contributed by atoms with van der Waals surface area (Å²) < 4.78 is 6.00. The second kappa shape index (κ2) is 70.3. The normalized spacial score (nSPS) is 13.0. The standard InChI is InChI=1S/C75H154N4O4/c1-6-10-14-18-22-26-30-34-35-36-40-44-48-52-58-73(80)60-62-77-69-75(82)71-79(64-54-50-46-42-38-32-28-24-20-16-12-8-3)66-56-55-65-78(63-53-49-45-41-37-31-27-23-19-15-11-7-2)70-74(81)68-76-61-59-72(5)83-67-57-51-47-43-39-33-29-25-21-17-13-9-4/h73-77,80-82H,5-71H2,1-4H3. The Labute approximate surface area is 521 Å². The van der Waals surface area contributed by atoms with Crippen LogP contribution in [-0.4, -0.2) is 115 Å². The Bertz CT molecular complexity index is 1210. The summed E-state index contributed by atoms with van der Waals surface area (Å²) in [6.07, 6.45) is 71.4. The van der Waals surface area contributed by atoms with Crippen LogP contribution in [0.4, 0.5) is 0 Å². The Morgan fingerprint density at radius 3 is 0.880 bits per heavy atom. The van der Waals surface area contributed by atoms with Gasteiger partial charge in [-0.3, -0.25) is 0 Å². The molecule has 5 N–H and O–H groups in total. The number of hydrogen-bond acceptors (Lipinski definition) is 8. The summed E-state index contributed by atoms with van der Waals surface area (Å²) in [7, 11) is 0. The van der Waals surface area contributed by atoms with E-state index in [-0.39, 0.29) is 6.10 Å². The Morgan fingerprint density at radius 2 is 0.566 bits per heavy atom. The van der Waals surface area contributed by atoms with Crippen molar-refractivity contribution in [3.8, 4) is 0 Å². The van der Waals surface area contributed by atoms with E-state index in [2.05, 4.69) is 54.7 Å². The molecule has 0 heterocycles. The fourth-order valence-corrected chi connectivity index (χ4v) is 12.3. The Morgan fingerprint density at radius 1 is 0.313 bits per heavy atom. The minimum atomic E-state index is -0.414. The Kier molecular flexibility index (Phi) is 69.7. The van der Waals surface area contributed by atoms with Gasteiger partial charge in [0, 0.05) is 39.1 Å². The van der Waals surface area contributed by atoms with Crippen LogP contribution < -0.4 is 10.6 Å². The summed E-state index contributed by atoms with van der Waals surface area (Å²) in [6.45, 7) is 22.4. The molecule has 0 amide bonds. The second-order valence-electron chi connectivity index (χ2n) is 26.7. The third kappa shape index (κ3) is 67.0. The number of nitrogens with one attached hydrogen (secondary N) is 2. The number of rotatable bonds is 74. The van der Waals surface area contributed by atoms with Crippen LogP contribution in [0.25, 0.3) is 0 Å². The predicted molar refractivity (Wildman–Crippen MR) is 368 cm³/mol. The lowest BCUT2D eigenvalue weighted by Crippen LogP contribution is -2.41. The van der Waals surface area contributed by atoms with E-state index in [4.69, 9.17) is 4.74 Å². The zero-order chi connectivity index (χ0) is 60.3. The monoisotopic (exact) mass is 1180 g/mol. The summed E-state index contributed by atoms with van der Waals surface area (Å²) in [6, 6.07) is 0. The van der Waals surface area contributed by atoms with E-state index in [0.29, 0.717) is 26.2 Å². The highest BCUT2D eigenvalue weighted by Crippen LogP contribution is 2.18. The fourth-order valence-electron chi connectivity index (χ4n) is 12.3. The summed E-state index contributed by atoms with van der Waals surface area (Å²) in [5, 5.41) is 40.4. The number of aliphatic hydroxyl groups is 3. The molecule has 0 aliphatic carbocycles. The predicted octanol–water partition coefficient (Wildman–Crippen LogP) is 20.9. The van der Waals surface area contributed by atoms with E-state index in [1.807, 2.05) is 0 Å². The first kappa shape index (κ1) is 82.3. The second-order valence-corrected chi connectivity index (χ2v) is 26.7. The molecule has 0 saturated carbocycles. The van der Waals surface area contributed by atoms with Gasteiger partial charge in [0.2, 0.25) is 0 Å². The van der Waals surface area contributed by atoms with Crippen LogP contribution in [0.3, 0.4) is 0 Å². The lowest BCUT2D eigenvalue weighted by atomic mass is 10.0. The first-order chi connectivity index (χ1) is 40.9. The number of hydrogen-bond donors (Lipinski definition) is 5. The topological polar surface area (TPSA) is 100 Å². The summed E-state index contributed by atoms with van der Waals surface area (Å²) in [5.41, 5.74) is 0. The van der Waals surface area contributed by atoms with Crippen LogP contribution in [0.5, 0.6) is 0 Å². The average molecular weight is 1180 g/mol. The molecular formula is C75H154N4O4. The maximum atomic E-state index is 11.3. The van der Waals surface area contributed by atoms with Crippen molar-refractivity contribution < 1.29 is 20.1 Å². The van der Waals surface area contributed by atoms with E-state index < -0.39 is 12.2 Å². The fraction of sp³-hybridized carbons (Fsp3) is 0.973. The van der Waals surface area contributed by atoms with Gasteiger partial charge in [0.1, 0.15) is 0 Å². The van der Waals surface area contributed by atoms with Gasteiger partial charge in [0.25, 0.3) is 0 Å². The van der Waals surface area contributed by atoms with Crippen LogP contribution in [0, 0.1) is 0 Å². The molecule has 83 heavy (non-hydrogen) atoms. The molecule has 0 aromatic carbocycles. The van der Waals surface area contributed by atoms with Crippen molar-refractivity contribution in [2.45, 2.75) is 399 Å². The third-order valence-electron chi connectivity index (χ3n) is 18.0. The van der Waals surface area contributed by atoms with Crippen LogP contribution in [0.2, 0.25) is 0 Å². The largest absolute Gasteiger partial charge is 0.499 e. The zero-order valence-corrected chi connectivity index (χ0v) is 57.3. The molecule has 0 saturated heterocycles. The molecular weight excluding hydrogens is 1020 g/mol. The number of ether oxygens (including phenoxy) is 1. The first-order valence-electron chi connectivity index (χ1n) is 38.1. The van der Waals surface area contributed by atoms with Crippen LogP contribution in [0.1, 0.15) is 381 Å². The highest BCUT2D eigenvalue weighted by atomic mass is 16.5. The molecule has 0 spiro atoms. The van der Waals surface area contributed by atoms with Crippen molar-refractivity contribution >= 4 is 0 Å². The highest BCUT2D eigenvalue weighted by molar-refractivity contribution is 4.83. The quantitative estimate of drug-likeness (QED) is 0.0303. The van der Waals surface area contributed by atoms with Gasteiger partial charge in [-0.05, 0) is 77.7 Å². The van der Waals surface area contributed by atoms with Crippen LogP contribution >= 0.6 is 0 Å². The van der Waals surface area contributed by atoms with E-state index in [0.717, 1.165) is 96.6 Å². The van der Waals surface area contributed by atoms with E-state index >= 15 is 0 Å². The van der Waals surface area contributed by atoms with Crippen LogP contribution in [0.15, 0.2) is 12.3 Å². The summed E-state index contributed by atoms with van der Waals surface area (Å²) in [5.74, 6) is 0.862. The van der Waals surface area contributed by atoms with Gasteiger partial charge in [-0.2, -0.15) is 0 Å². The van der Waals surface area contributed by atoms with Crippen LogP contribution in [-0.2, 0) is 4.74 Å². The minimum Gasteiger partial charge on any atom is -0.499 e. The number of nitrogens with zero attached hydrogens (tertiary/aromatic N) is 2. The SMILES string of the molecule is C=C(CCNCC(O)CN(CCCCCCCCCCCCCC)CCCCN(CCCCCCCCCCCCCC)CC(O)CNCCC(O)CCCCCCCCCCCCCCCC)OCCCCCCCCCCCCCC. The molecule has 0 aromatic heterocycles. The maximum Gasteiger partial charge on any atom is 0.0900 e. The van der Waals surface area contributed by atoms with Crippen molar-refractivity contribution in [3.63, 3.8) is 0 Å². The average Bonchev–Trinajstić information content (AvgIpc) is 3.48. The zero-order valence-electron chi connectivity index (χ0n) is 57.3. The molecule has 0 aliphatic rings. The smallest absolute Gasteiger partial charge is 0.0900 e. The lowest BCUT2D eigenvalue weighted by Gasteiger charge is -2.27. The number of aliphatic hydroxyl groups excluding tert-OH is 3. The van der Waals surface area contributed by atoms with Crippen molar-refractivity contribution in [3.05, 3.63) is 12.3 Å². The molecule has 0 rings (SSSR count). The third-order valence-corrected chi connectivity index (χ3v) is 18.0. The first-order valence-corrected chi connectivity index (χ1v) is 38.1. The highest BCUT2D eigenvalue weighted by Gasteiger charge is 2.15. The molecule has 0 fully saturated rings. The molecule has 0 bridgehead atoms. The van der Waals surface area contributed by atoms with Gasteiger partial charge in [-0.15, -0.1) is 0 Å².